The number of halogens is 1. The number of amides is 1. The van der Waals surface area contributed by atoms with E-state index >= 15 is 0 Å². The van der Waals surface area contributed by atoms with Crippen LogP contribution in [0.1, 0.15) is 30.9 Å². The van der Waals surface area contributed by atoms with E-state index in [9.17, 15) is 4.79 Å². The average molecular weight is 553 g/mol. The summed E-state index contributed by atoms with van der Waals surface area (Å²) in [5.74, 6) is 3.85. The van der Waals surface area contributed by atoms with Gasteiger partial charge in [-0.2, -0.15) is 11.8 Å². The Morgan fingerprint density at radius 2 is 2.00 bits per heavy atom. The van der Waals surface area contributed by atoms with Crippen molar-refractivity contribution in [3.05, 3.63) is 11.6 Å². The lowest BCUT2D eigenvalue weighted by molar-refractivity contribution is -0.130. The number of aryl methyl sites for hydroxylation is 1. The molecule has 1 fully saturated rings. The quantitative estimate of drug-likeness (QED) is 0.205. The van der Waals surface area contributed by atoms with E-state index in [-0.39, 0.29) is 29.9 Å². The Labute approximate surface area is 201 Å². The molecule has 172 valence electrons. The number of likely N-dealkylation sites (tertiary alicyclic amines) is 1. The summed E-state index contributed by atoms with van der Waals surface area (Å²) in [6, 6.07) is 0.355. The van der Waals surface area contributed by atoms with Crippen molar-refractivity contribution in [1.29, 1.82) is 0 Å². The molecule has 0 aromatic carbocycles. The minimum absolute atomic E-state index is 0. The second kappa shape index (κ2) is 14.1. The smallest absolute Gasteiger partial charge is 0.236 e. The van der Waals surface area contributed by atoms with E-state index in [1.807, 2.05) is 30.3 Å². The molecule has 0 spiro atoms. The number of guanidine groups is 1. The van der Waals surface area contributed by atoms with Crippen LogP contribution in [0.2, 0.25) is 0 Å². The summed E-state index contributed by atoms with van der Waals surface area (Å²) in [4.78, 5) is 20.5. The molecular formula is C19H37IN8OS. The van der Waals surface area contributed by atoms with Crippen LogP contribution in [0, 0.1) is 6.92 Å². The molecule has 30 heavy (non-hydrogen) atoms. The number of piperidine rings is 1. The fourth-order valence-corrected chi connectivity index (χ4v) is 3.51. The van der Waals surface area contributed by atoms with E-state index in [1.165, 1.54) is 0 Å². The van der Waals surface area contributed by atoms with Crippen molar-refractivity contribution in [3.63, 3.8) is 0 Å². The number of nitrogens with one attached hydrogen (secondary N) is 2. The van der Waals surface area contributed by atoms with Crippen LogP contribution in [0.15, 0.2) is 4.99 Å². The molecular weight excluding hydrogens is 515 g/mol. The van der Waals surface area contributed by atoms with Crippen LogP contribution in [0.5, 0.6) is 0 Å². The number of nitrogens with zero attached hydrogens (tertiary/aromatic N) is 6. The standard InChI is InChI=1S/C19H36N8OS.HI/c1-15-23-24-17(26(15)4)13-21-19(20-9-6-12-29-5)22-16-7-10-27(11-8-16)14-18(28)25(2)3;/h16H,6-14H2,1-5H3,(H2,20,21,22);1H. The lowest BCUT2D eigenvalue weighted by Gasteiger charge is -2.33. The highest BCUT2D eigenvalue weighted by molar-refractivity contribution is 14.0. The van der Waals surface area contributed by atoms with Crippen molar-refractivity contribution in [1.82, 2.24) is 35.2 Å². The highest BCUT2D eigenvalue weighted by Crippen LogP contribution is 2.10. The molecule has 2 N–H and O–H groups in total. The monoisotopic (exact) mass is 552 g/mol. The molecule has 0 radical (unpaired) electrons. The molecule has 2 heterocycles. The number of thioether (sulfide) groups is 1. The number of aliphatic imine (C=N–C) groups is 1. The van der Waals surface area contributed by atoms with E-state index in [1.54, 1.807) is 19.0 Å². The average Bonchev–Trinajstić information content (AvgIpc) is 3.02. The van der Waals surface area contributed by atoms with Gasteiger partial charge in [0.15, 0.2) is 11.8 Å². The topological polar surface area (TPSA) is 90.7 Å². The maximum atomic E-state index is 11.9. The maximum Gasteiger partial charge on any atom is 0.236 e. The molecule has 0 unspecified atom stereocenters. The summed E-state index contributed by atoms with van der Waals surface area (Å²) < 4.78 is 1.97. The lowest BCUT2D eigenvalue weighted by Crippen LogP contribution is -2.50. The van der Waals surface area contributed by atoms with E-state index < -0.39 is 0 Å². The third-order valence-corrected chi connectivity index (χ3v) is 5.86. The van der Waals surface area contributed by atoms with Gasteiger partial charge in [-0.1, -0.05) is 0 Å². The molecule has 1 amide bonds. The van der Waals surface area contributed by atoms with Crippen LogP contribution >= 0.6 is 35.7 Å². The van der Waals surface area contributed by atoms with Crippen molar-refractivity contribution in [2.45, 2.75) is 38.8 Å². The zero-order valence-electron chi connectivity index (χ0n) is 18.8. The predicted molar refractivity (Wildman–Crippen MR) is 135 cm³/mol. The maximum absolute atomic E-state index is 11.9. The van der Waals surface area contributed by atoms with Crippen molar-refractivity contribution in [2.75, 3.05) is 52.3 Å². The fraction of sp³-hybridized carbons (Fsp3) is 0.789. The predicted octanol–water partition coefficient (Wildman–Crippen LogP) is 1.08. The Morgan fingerprint density at radius 1 is 1.30 bits per heavy atom. The summed E-state index contributed by atoms with van der Waals surface area (Å²) in [6.07, 6.45) is 5.21. The normalized spacial score (nSPS) is 15.6. The van der Waals surface area contributed by atoms with Gasteiger partial charge < -0.3 is 20.1 Å². The molecule has 9 nitrogen and oxygen atoms in total. The summed E-state index contributed by atoms with van der Waals surface area (Å²) in [5.41, 5.74) is 0. The van der Waals surface area contributed by atoms with Crippen LogP contribution in [0.25, 0.3) is 0 Å². The molecule has 1 aliphatic heterocycles. The van der Waals surface area contributed by atoms with Crippen molar-refractivity contribution >= 4 is 47.6 Å². The van der Waals surface area contributed by atoms with Crippen LogP contribution in [0.3, 0.4) is 0 Å². The van der Waals surface area contributed by atoms with Gasteiger partial charge in [0.05, 0.1) is 6.54 Å². The SMILES string of the molecule is CSCCCNC(=NCc1nnc(C)n1C)NC1CCN(CC(=O)N(C)C)CC1.I. The lowest BCUT2D eigenvalue weighted by atomic mass is 10.1. The molecule has 0 saturated carbocycles. The third-order valence-electron chi connectivity index (χ3n) is 5.17. The van der Waals surface area contributed by atoms with Crippen LogP contribution < -0.4 is 10.6 Å². The number of likely N-dealkylation sites (N-methyl/N-ethyl adjacent to an activating group) is 1. The number of carbonyl (C=O) groups excluding carboxylic acids is 1. The zero-order chi connectivity index (χ0) is 21.2. The van der Waals surface area contributed by atoms with Gasteiger partial charge in [-0.15, -0.1) is 34.2 Å². The molecule has 0 atom stereocenters. The first-order chi connectivity index (χ1) is 13.9. The summed E-state index contributed by atoms with van der Waals surface area (Å²) in [5, 5.41) is 15.3. The molecule has 0 aliphatic carbocycles. The van der Waals surface area contributed by atoms with Crippen molar-refractivity contribution in [3.8, 4) is 0 Å². The van der Waals surface area contributed by atoms with Crippen LogP contribution in [0.4, 0.5) is 0 Å². The number of rotatable bonds is 9. The number of hydrogen-bond donors (Lipinski definition) is 2. The minimum Gasteiger partial charge on any atom is -0.356 e. The molecule has 1 aliphatic rings. The molecule has 0 bridgehead atoms. The van der Waals surface area contributed by atoms with Gasteiger partial charge in [-0.25, -0.2) is 4.99 Å². The van der Waals surface area contributed by atoms with E-state index in [0.29, 0.717) is 19.1 Å². The largest absolute Gasteiger partial charge is 0.356 e. The third kappa shape index (κ3) is 8.96. The van der Waals surface area contributed by atoms with Gasteiger partial charge in [0.2, 0.25) is 5.91 Å². The number of aromatic nitrogens is 3. The van der Waals surface area contributed by atoms with Crippen LogP contribution in [-0.2, 0) is 18.4 Å². The van der Waals surface area contributed by atoms with E-state index in [4.69, 9.17) is 4.99 Å². The van der Waals surface area contributed by atoms with E-state index in [0.717, 1.165) is 62.3 Å². The highest BCUT2D eigenvalue weighted by Gasteiger charge is 2.22. The second-order valence-electron chi connectivity index (χ2n) is 7.64. The summed E-state index contributed by atoms with van der Waals surface area (Å²) >= 11 is 1.85. The first-order valence-electron chi connectivity index (χ1n) is 10.2. The summed E-state index contributed by atoms with van der Waals surface area (Å²) in [7, 11) is 5.57. The molecule has 11 heteroatoms. The van der Waals surface area contributed by atoms with Gasteiger partial charge in [0, 0.05) is 46.8 Å². The van der Waals surface area contributed by atoms with Gasteiger partial charge in [0.1, 0.15) is 12.4 Å². The number of carbonyl (C=O) groups is 1. The zero-order valence-corrected chi connectivity index (χ0v) is 22.0. The Kier molecular flexibility index (Phi) is 12.6. The molecule has 1 aromatic rings. The van der Waals surface area contributed by atoms with Gasteiger partial charge >= 0.3 is 0 Å². The van der Waals surface area contributed by atoms with Gasteiger partial charge in [0.25, 0.3) is 0 Å². The second-order valence-corrected chi connectivity index (χ2v) is 8.63. The Morgan fingerprint density at radius 3 is 2.57 bits per heavy atom. The Bertz CT molecular complexity index is 673. The summed E-state index contributed by atoms with van der Waals surface area (Å²) in [6.45, 7) is 5.65. The van der Waals surface area contributed by atoms with Gasteiger partial charge in [-0.3, -0.25) is 9.69 Å². The minimum atomic E-state index is 0. The Hall–Kier alpha value is -1.08. The molecule has 2 rings (SSSR count). The molecule has 1 saturated heterocycles. The molecule has 1 aromatic heterocycles. The highest BCUT2D eigenvalue weighted by atomic mass is 127. The van der Waals surface area contributed by atoms with E-state index in [2.05, 4.69) is 32.0 Å². The Balaban J connectivity index is 0.00000450. The van der Waals surface area contributed by atoms with Crippen LogP contribution in [-0.4, -0.2) is 94.8 Å². The van der Waals surface area contributed by atoms with Crippen molar-refractivity contribution < 1.29 is 4.79 Å². The van der Waals surface area contributed by atoms with Crippen molar-refractivity contribution in [2.24, 2.45) is 12.0 Å². The first-order valence-corrected chi connectivity index (χ1v) is 11.6. The number of hydrogen-bond acceptors (Lipinski definition) is 6. The van der Waals surface area contributed by atoms with Gasteiger partial charge in [-0.05, 0) is 38.2 Å². The fourth-order valence-electron chi connectivity index (χ4n) is 3.08. The first kappa shape index (κ1) is 27.0.